The standard InChI is InChI=1S/C60H60N2/c1-37(39-28-30-55-50(32-39)44-22-11-13-26-54(44)61-55)48-34-49-47-25-15-24-46-43-21-10-9-18-41(43)36-60(2,59(46)47)53(49)35-52(48)58(38-16-5-3-6-17-38)40-29-31-57-51(33-40)45-23-12-14-27-56(45)62(57)42-19-7-4-8-20-42/h3,5,9-10,12,15,18-19,21,23-25,28-31,33-34,38-39,53,58,61H,1,4,6-8,11,13-14,16-17,20,22,26-27,32,35-36H2,2H3/t38?,39?,53?,58?,60-/m0/s1. The van der Waals surface area contributed by atoms with E-state index in [1.54, 1.807) is 27.8 Å². The molecule has 5 aromatic rings. The minimum Gasteiger partial charge on any atom is -0.358 e. The van der Waals surface area contributed by atoms with Gasteiger partial charge >= 0.3 is 0 Å². The summed E-state index contributed by atoms with van der Waals surface area (Å²) in [7, 11) is 0. The number of H-pyrrole nitrogens is 1. The summed E-state index contributed by atoms with van der Waals surface area (Å²) in [6.07, 6.45) is 39.0. The van der Waals surface area contributed by atoms with Crippen LogP contribution in [0.4, 0.5) is 0 Å². The molecule has 5 atom stereocenters. The van der Waals surface area contributed by atoms with Crippen molar-refractivity contribution in [1.29, 1.82) is 0 Å². The van der Waals surface area contributed by atoms with E-state index >= 15 is 0 Å². The van der Waals surface area contributed by atoms with E-state index in [1.807, 2.05) is 0 Å². The van der Waals surface area contributed by atoms with Crippen LogP contribution in [0.25, 0.3) is 45.5 Å². The lowest BCUT2D eigenvalue weighted by Crippen LogP contribution is -2.35. The zero-order chi connectivity index (χ0) is 41.1. The summed E-state index contributed by atoms with van der Waals surface area (Å²) < 4.78 is 2.69. The molecule has 0 fully saturated rings. The van der Waals surface area contributed by atoms with Crippen molar-refractivity contribution in [1.82, 2.24) is 9.55 Å². The summed E-state index contributed by atoms with van der Waals surface area (Å²) in [4.78, 5) is 3.86. The molecule has 0 radical (unpaired) electrons. The number of aryl methyl sites for hydroxylation is 1. The number of fused-ring (bicyclic) bond motifs is 11. The minimum absolute atomic E-state index is 0.0316. The number of aromatic nitrogens is 2. The topological polar surface area (TPSA) is 20.7 Å². The maximum atomic E-state index is 5.20. The zero-order valence-electron chi connectivity index (χ0n) is 36.7. The van der Waals surface area contributed by atoms with Crippen molar-refractivity contribution in [2.24, 2.45) is 17.8 Å². The smallest absolute Gasteiger partial charge is 0.0534 e. The highest BCUT2D eigenvalue weighted by atomic mass is 15.0. The van der Waals surface area contributed by atoms with Crippen molar-refractivity contribution >= 4 is 34.3 Å². The van der Waals surface area contributed by atoms with Crippen molar-refractivity contribution in [3.05, 3.63) is 176 Å². The Morgan fingerprint density at radius 3 is 2.61 bits per heavy atom. The Bertz CT molecular complexity index is 2920. The van der Waals surface area contributed by atoms with E-state index in [2.05, 4.69) is 126 Å². The molecule has 4 unspecified atom stereocenters. The second-order valence-corrected chi connectivity index (χ2v) is 20.5. The first-order valence-electron chi connectivity index (χ1n) is 24.5. The minimum atomic E-state index is 0.0316. The molecule has 310 valence electrons. The Morgan fingerprint density at radius 1 is 0.823 bits per heavy atom. The molecular formula is C60H60N2. The molecule has 8 aliphatic carbocycles. The summed E-state index contributed by atoms with van der Waals surface area (Å²) >= 11 is 0. The van der Waals surface area contributed by atoms with Crippen LogP contribution in [0.15, 0.2) is 120 Å². The van der Waals surface area contributed by atoms with Gasteiger partial charge in [-0.2, -0.15) is 0 Å². The Morgan fingerprint density at radius 2 is 1.71 bits per heavy atom. The first kappa shape index (κ1) is 37.2. The van der Waals surface area contributed by atoms with Gasteiger partial charge in [0.05, 0.1) is 5.52 Å². The molecule has 2 aromatic heterocycles. The summed E-state index contributed by atoms with van der Waals surface area (Å²) in [5.41, 5.74) is 27.0. The van der Waals surface area contributed by atoms with Gasteiger partial charge in [0.1, 0.15) is 0 Å². The summed E-state index contributed by atoms with van der Waals surface area (Å²) in [5.74, 6) is 1.57. The van der Waals surface area contributed by atoms with Crippen molar-refractivity contribution in [3.63, 3.8) is 0 Å². The normalized spacial score (nSPS) is 25.9. The zero-order valence-corrected chi connectivity index (χ0v) is 36.7. The highest BCUT2D eigenvalue weighted by molar-refractivity contribution is 5.95. The average molecular weight is 809 g/mol. The first-order valence-corrected chi connectivity index (χ1v) is 24.5. The van der Waals surface area contributed by atoms with Crippen LogP contribution in [0.1, 0.15) is 139 Å². The van der Waals surface area contributed by atoms with Gasteiger partial charge in [0, 0.05) is 51.0 Å². The van der Waals surface area contributed by atoms with Crippen LogP contribution in [0.5, 0.6) is 0 Å². The van der Waals surface area contributed by atoms with Crippen LogP contribution in [-0.2, 0) is 37.5 Å². The van der Waals surface area contributed by atoms with Gasteiger partial charge in [-0.25, -0.2) is 0 Å². The number of allylic oxidation sites excluding steroid dienone is 11. The van der Waals surface area contributed by atoms with Crippen LogP contribution in [0, 0.1) is 17.8 Å². The fourth-order valence-electron chi connectivity index (χ4n) is 14.3. The summed E-state index contributed by atoms with van der Waals surface area (Å²) in [6.45, 7) is 7.82. The molecule has 2 nitrogen and oxygen atoms in total. The van der Waals surface area contributed by atoms with E-state index in [-0.39, 0.29) is 11.3 Å². The number of benzene rings is 3. The maximum Gasteiger partial charge on any atom is 0.0534 e. The lowest BCUT2D eigenvalue weighted by Gasteiger charge is -2.43. The van der Waals surface area contributed by atoms with E-state index in [4.69, 9.17) is 6.58 Å². The van der Waals surface area contributed by atoms with Crippen LogP contribution in [0.3, 0.4) is 0 Å². The molecule has 13 rings (SSSR count). The van der Waals surface area contributed by atoms with Crippen molar-refractivity contribution < 1.29 is 0 Å². The van der Waals surface area contributed by atoms with Gasteiger partial charge in [-0.15, -0.1) is 0 Å². The SMILES string of the molecule is C=C(C1=C(C(c2ccc3c(c2)c2c(n3C3=CCCCC3)CCC=C2)C2CC=CCC2)CC2C(=C1)c1cccc3c1[C@@]2(C)Cc1ccccc1-3)C1C=Cc2[nH]c3c(c2C1)CCCC3. The molecule has 0 spiro atoms. The van der Waals surface area contributed by atoms with Crippen LogP contribution in [-0.4, -0.2) is 9.55 Å². The molecule has 0 saturated heterocycles. The molecule has 1 N–H and O–H groups in total. The monoisotopic (exact) mass is 808 g/mol. The quantitative estimate of drug-likeness (QED) is 0.165. The van der Waals surface area contributed by atoms with Crippen molar-refractivity contribution in [2.45, 2.75) is 121 Å². The second kappa shape index (κ2) is 14.3. The van der Waals surface area contributed by atoms with E-state index in [1.165, 1.54) is 136 Å². The molecule has 62 heavy (non-hydrogen) atoms. The molecule has 2 heterocycles. The van der Waals surface area contributed by atoms with Gasteiger partial charge in [0.15, 0.2) is 0 Å². The lowest BCUT2D eigenvalue weighted by molar-refractivity contribution is 0.344. The summed E-state index contributed by atoms with van der Waals surface area (Å²) in [5, 5.41) is 1.46. The third kappa shape index (κ3) is 5.53. The molecular weight excluding hydrogens is 749 g/mol. The van der Waals surface area contributed by atoms with Crippen LogP contribution < -0.4 is 0 Å². The molecule has 0 amide bonds. The van der Waals surface area contributed by atoms with Gasteiger partial charge in [0.25, 0.3) is 0 Å². The average Bonchev–Trinajstić information content (AvgIpc) is 3.95. The second-order valence-electron chi connectivity index (χ2n) is 20.5. The summed E-state index contributed by atoms with van der Waals surface area (Å²) in [6, 6.07) is 24.3. The molecule has 2 heteroatoms. The van der Waals surface area contributed by atoms with E-state index in [9.17, 15) is 0 Å². The molecule has 0 saturated carbocycles. The van der Waals surface area contributed by atoms with Gasteiger partial charge in [-0.3, -0.25) is 0 Å². The number of hydrogen-bond acceptors (Lipinski definition) is 0. The molecule has 0 aliphatic heterocycles. The first-order chi connectivity index (χ1) is 30.5. The number of hydrogen-bond donors (Lipinski definition) is 1. The predicted octanol–water partition coefficient (Wildman–Crippen LogP) is 15.0. The van der Waals surface area contributed by atoms with Crippen LogP contribution in [0.2, 0.25) is 0 Å². The van der Waals surface area contributed by atoms with Gasteiger partial charge in [0.2, 0.25) is 0 Å². The third-order valence-electron chi connectivity index (χ3n) is 17.2. The Kier molecular flexibility index (Phi) is 8.62. The lowest BCUT2D eigenvalue weighted by atomic mass is 9.60. The number of nitrogens with zero attached hydrogens (tertiary/aromatic N) is 1. The maximum absolute atomic E-state index is 5.20. The highest BCUT2D eigenvalue weighted by Crippen LogP contribution is 2.63. The van der Waals surface area contributed by atoms with E-state index < -0.39 is 0 Å². The van der Waals surface area contributed by atoms with Crippen molar-refractivity contribution in [2.75, 3.05) is 0 Å². The predicted molar refractivity (Wildman–Crippen MR) is 260 cm³/mol. The Labute approximate surface area is 368 Å². The van der Waals surface area contributed by atoms with Crippen molar-refractivity contribution in [3.8, 4) is 11.1 Å². The molecule has 8 aliphatic rings. The fourth-order valence-corrected chi connectivity index (χ4v) is 14.3. The van der Waals surface area contributed by atoms with Gasteiger partial charge < -0.3 is 9.55 Å². The Balaban J connectivity index is 1.01. The number of nitrogens with one attached hydrogen (secondary N) is 1. The molecule has 3 aromatic carbocycles. The fraction of sp³-hybridized carbons (Fsp3) is 0.367. The highest BCUT2D eigenvalue weighted by Gasteiger charge is 2.52. The Hall–Kier alpha value is -5.34. The van der Waals surface area contributed by atoms with Gasteiger partial charge in [-0.05, 0) is 194 Å². The molecule has 0 bridgehead atoms. The number of rotatable bonds is 6. The van der Waals surface area contributed by atoms with E-state index in [0.29, 0.717) is 17.8 Å². The van der Waals surface area contributed by atoms with E-state index in [0.717, 1.165) is 44.9 Å². The van der Waals surface area contributed by atoms with Crippen LogP contribution >= 0.6 is 0 Å². The third-order valence-corrected chi connectivity index (χ3v) is 17.2. The van der Waals surface area contributed by atoms with Gasteiger partial charge in [-0.1, -0.05) is 110 Å². The largest absolute Gasteiger partial charge is 0.358 e. The number of aromatic amines is 1.